The molecule has 0 spiro atoms. The lowest BCUT2D eigenvalue weighted by atomic mass is 9.91. The number of methoxy groups -OCH3 is 1. The zero-order chi connectivity index (χ0) is 66.5. The van der Waals surface area contributed by atoms with Gasteiger partial charge in [-0.2, -0.15) is 0 Å². The van der Waals surface area contributed by atoms with E-state index >= 15 is 0 Å². The van der Waals surface area contributed by atoms with Gasteiger partial charge in [0.1, 0.15) is 18.8 Å². The SMILES string of the molecule is C.C.COCCOCCCNC(=O)CCC(=O)C(CC(C)C)NC(=O)C(CC(=O)CNC(=O)OCCOCCCNC(=O)CCC(=O)C(CC(C)C)NC(=O)C(CC(=O)CNC(=O)OCCOCCCNC(=O)OC(C)(C)C)Cc1ccccc1)Cc1ccccc1. The van der Waals surface area contributed by atoms with Crippen molar-refractivity contribution in [2.45, 2.75) is 164 Å². The largest absolute Gasteiger partial charge is 0.447 e. The fourth-order valence-corrected chi connectivity index (χ4v) is 8.83. The van der Waals surface area contributed by atoms with Crippen LogP contribution in [0.4, 0.5) is 14.4 Å². The number of rotatable bonds is 49. The highest BCUT2D eigenvalue weighted by atomic mass is 16.6. The maximum absolute atomic E-state index is 13.9. The second kappa shape index (κ2) is 50.2. The monoisotopic (exact) mass is 1300 g/mol. The van der Waals surface area contributed by atoms with Crippen molar-refractivity contribution < 1.29 is 85.9 Å². The molecule has 0 bridgehead atoms. The lowest BCUT2D eigenvalue weighted by Crippen LogP contribution is -2.46. The molecule has 92 heavy (non-hydrogen) atoms. The topological polar surface area (TPSA) is 337 Å². The lowest BCUT2D eigenvalue weighted by Gasteiger charge is -2.23. The molecule has 0 radical (unpaired) electrons. The molecule has 25 nitrogen and oxygen atoms in total. The van der Waals surface area contributed by atoms with Gasteiger partial charge in [0.2, 0.25) is 23.6 Å². The Balaban J connectivity index is 0.0000414. The van der Waals surface area contributed by atoms with Gasteiger partial charge in [0.25, 0.3) is 0 Å². The number of hydrogen-bond acceptors (Lipinski definition) is 18. The van der Waals surface area contributed by atoms with Crippen molar-refractivity contribution in [2.75, 3.05) is 99.3 Å². The smallest absolute Gasteiger partial charge is 0.407 e. The summed E-state index contributed by atoms with van der Waals surface area (Å²) in [6.07, 6.45) is -0.644. The van der Waals surface area contributed by atoms with Gasteiger partial charge in [-0.3, -0.25) is 38.4 Å². The van der Waals surface area contributed by atoms with E-state index < -0.39 is 84.3 Å². The fraction of sp³-hybridized carbons (Fsp3) is 0.657. The molecule has 0 heterocycles. The predicted octanol–water partition coefficient (Wildman–Crippen LogP) is 6.73. The van der Waals surface area contributed by atoms with Crippen molar-refractivity contribution >= 4 is 65.0 Å². The number of hydrogen-bond donors (Lipinski definition) is 7. The molecular formula is C67H109N7O18. The molecule has 520 valence electrons. The molecule has 0 saturated carbocycles. The Morgan fingerprint density at radius 3 is 1.17 bits per heavy atom. The number of benzene rings is 2. The highest BCUT2D eigenvalue weighted by Gasteiger charge is 2.31. The van der Waals surface area contributed by atoms with Crippen molar-refractivity contribution in [2.24, 2.45) is 23.7 Å². The number of amides is 7. The maximum Gasteiger partial charge on any atom is 0.407 e. The third-order valence-electron chi connectivity index (χ3n) is 13.3. The summed E-state index contributed by atoms with van der Waals surface area (Å²) in [6.45, 7) is 14.8. The molecule has 4 unspecified atom stereocenters. The predicted molar refractivity (Wildman–Crippen MR) is 348 cm³/mol. The number of ketones is 4. The fourth-order valence-electron chi connectivity index (χ4n) is 8.83. The second-order valence-electron chi connectivity index (χ2n) is 23.6. The minimum Gasteiger partial charge on any atom is -0.447 e. The van der Waals surface area contributed by atoms with Crippen LogP contribution in [0.3, 0.4) is 0 Å². The maximum atomic E-state index is 13.9. The quantitative estimate of drug-likeness (QED) is 0.0267. The number of Topliss-reactive ketones (excluding diaryl/α,β-unsaturated/α-hetero) is 4. The Kier molecular flexibility index (Phi) is 46.2. The van der Waals surface area contributed by atoms with Crippen LogP contribution in [0.5, 0.6) is 0 Å². The Bertz CT molecular complexity index is 2480. The van der Waals surface area contributed by atoms with E-state index in [2.05, 4.69) is 37.2 Å². The molecule has 2 aromatic rings. The molecule has 0 aliphatic rings. The number of nitrogens with one attached hydrogen (secondary N) is 7. The summed E-state index contributed by atoms with van der Waals surface area (Å²) >= 11 is 0. The molecule has 0 fully saturated rings. The first kappa shape index (κ1) is 84.7. The van der Waals surface area contributed by atoms with Crippen molar-refractivity contribution in [3.63, 3.8) is 0 Å². The minimum atomic E-state index is -0.926. The van der Waals surface area contributed by atoms with Crippen LogP contribution in [-0.2, 0) is 84.4 Å². The highest BCUT2D eigenvalue weighted by Crippen LogP contribution is 2.19. The van der Waals surface area contributed by atoms with Gasteiger partial charge in [0.05, 0.1) is 51.6 Å². The third kappa shape index (κ3) is 43.4. The van der Waals surface area contributed by atoms with Gasteiger partial charge in [-0.15, -0.1) is 0 Å². The van der Waals surface area contributed by atoms with Gasteiger partial charge in [-0.25, -0.2) is 14.4 Å². The Hall–Kier alpha value is -7.35. The van der Waals surface area contributed by atoms with Crippen LogP contribution < -0.4 is 37.2 Å². The molecule has 0 aliphatic heterocycles. The Morgan fingerprint density at radius 2 is 0.815 bits per heavy atom. The van der Waals surface area contributed by atoms with Gasteiger partial charge < -0.3 is 70.4 Å². The summed E-state index contributed by atoms with van der Waals surface area (Å²) in [7, 11) is 1.58. The van der Waals surface area contributed by atoms with E-state index in [1.807, 2.05) is 76.2 Å². The molecule has 2 aromatic carbocycles. The zero-order valence-corrected chi connectivity index (χ0v) is 54.2. The summed E-state index contributed by atoms with van der Waals surface area (Å²) in [6, 6.07) is 16.4. The van der Waals surface area contributed by atoms with Crippen LogP contribution in [0, 0.1) is 23.7 Å². The second-order valence-corrected chi connectivity index (χ2v) is 23.6. The van der Waals surface area contributed by atoms with Gasteiger partial charge in [0.15, 0.2) is 23.1 Å². The Labute approximate surface area is 545 Å². The van der Waals surface area contributed by atoms with Crippen LogP contribution in [-0.4, -0.2) is 182 Å². The van der Waals surface area contributed by atoms with E-state index in [1.165, 1.54) is 0 Å². The van der Waals surface area contributed by atoms with E-state index in [-0.39, 0.29) is 141 Å². The summed E-state index contributed by atoms with van der Waals surface area (Å²) in [5.74, 6) is -4.95. The summed E-state index contributed by atoms with van der Waals surface area (Å²) in [5.41, 5.74) is 0.974. The van der Waals surface area contributed by atoms with E-state index in [0.717, 1.165) is 11.1 Å². The van der Waals surface area contributed by atoms with Crippen LogP contribution in [0.25, 0.3) is 0 Å². The lowest BCUT2D eigenvalue weighted by molar-refractivity contribution is -0.133. The first-order valence-electron chi connectivity index (χ1n) is 31.3. The van der Waals surface area contributed by atoms with Gasteiger partial charge in [-0.05, 0) is 88.7 Å². The third-order valence-corrected chi connectivity index (χ3v) is 13.3. The van der Waals surface area contributed by atoms with Crippen molar-refractivity contribution in [1.29, 1.82) is 0 Å². The molecule has 2 rings (SSSR count). The number of alkyl carbamates (subject to hydrolysis) is 3. The Morgan fingerprint density at radius 1 is 0.446 bits per heavy atom. The zero-order valence-electron chi connectivity index (χ0n) is 54.2. The first-order chi connectivity index (χ1) is 42.9. The van der Waals surface area contributed by atoms with Gasteiger partial charge in [-0.1, -0.05) is 103 Å². The van der Waals surface area contributed by atoms with Gasteiger partial charge >= 0.3 is 18.3 Å². The van der Waals surface area contributed by atoms with E-state index in [9.17, 15) is 52.7 Å². The standard InChI is InChI=1S/C65H101N7O18.2CH4/c1-46(2)38-54(56(75)22-24-58(77)66-26-15-29-85-33-32-84-8)71-60(79)50(40-48-18-11-9-12-19-48)42-52(73)44-69-62(81)88-36-34-86-30-16-27-67-59(78)25-23-57(76)55(39-47(3)4)72-61(80)51(41-49-20-13-10-14-21-49)43-53(74)45-70-63(82)89-37-35-87-31-17-28-68-64(83)90-65(5,6)7;;/h9-14,18-21,46-47,50-51,54-55H,15-17,22-45H2,1-8H3,(H,66,77)(H,67,78)(H,68,83)(H,69,81)(H,70,82)(H,71,79)(H,72,80);2*1H4. The molecule has 0 aliphatic carbocycles. The summed E-state index contributed by atoms with van der Waals surface area (Å²) < 4.78 is 36.7. The van der Waals surface area contributed by atoms with Crippen LogP contribution >= 0.6 is 0 Å². The summed E-state index contributed by atoms with van der Waals surface area (Å²) in [5, 5.41) is 18.7. The highest BCUT2D eigenvalue weighted by molar-refractivity contribution is 5.95. The van der Waals surface area contributed by atoms with E-state index in [4.69, 9.17) is 33.2 Å². The van der Waals surface area contributed by atoms with Crippen molar-refractivity contribution in [3.8, 4) is 0 Å². The number of ether oxygens (including phenoxy) is 7. The van der Waals surface area contributed by atoms with Crippen LogP contribution in [0.1, 0.15) is 145 Å². The summed E-state index contributed by atoms with van der Waals surface area (Å²) in [4.78, 5) is 143. The van der Waals surface area contributed by atoms with Gasteiger partial charge in [0, 0.05) is 96.9 Å². The minimum absolute atomic E-state index is 0. The molecule has 25 heteroatoms. The molecule has 0 saturated heterocycles. The van der Waals surface area contributed by atoms with Crippen molar-refractivity contribution in [3.05, 3.63) is 71.8 Å². The molecular weight excluding hydrogens is 1190 g/mol. The average Bonchev–Trinajstić information content (AvgIpc) is 2.45. The van der Waals surface area contributed by atoms with Crippen LogP contribution in [0.2, 0.25) is 0 Å². The first-order valence-corrected chi connectivity index (χ1v) is 31.3. The molecule has 7 amide bonds. The molecule has 7 N–H and O–H groups in total. The number of carbonyl (C=O) groups is 11. The van der Waals surface area contributed by atoms with Crippen molar-refractivity contribution in [1.82, 2.24) is 37.2 Å². The van der Waals surface area contributed by atoms with E-state index in [0.29, 0.717) is 71.6 Å². The average molecular weight is 1300 g/mol. The van der Waals surface area contributed by atoms with Crippen LogP contribution in [0.15, 0.2) is 60.7 Å². The number of carbonyl (C=O) groups excluding carboxylic acids is 11. The normalized spacial score (nSPS) is 12.3. The molecule has 4 atom stereocenters. The molecule has 0 aromatic heterocycles. The van der Waals surface area contributed by atoms with E-state index in [1.54, 1.807) is 40.0 Å².